The molecule has 12 heavy (non-hydrogen) atoms. The second-order valence-corrected chi connectivity index (χ2v) is 3.76. The minimum atomic E-state index is -1.20. The molecular weight excluding hydrogens is 222 g/mol. The lowest BCUT2D eigenvalue weighted by atomic mass is 9.96. The minimum Gasteiger partial charge on any atom is -0.263 e. The zero-order valence-electron chi connectivity index (χ0n) is 6.31. The molecule has 3 nitrogen and oxygen atoms in total. The highest BCUT2D eigenvalue weighted by molar-refractivity contribution is 9.10. The molecule has 0 N–H and O–H groups in total. The van der Waals surface area contributed by atoms with E-state index < -0.39 is 4.45 Å². The van der Waals surface area contributed by atoms with Crippen molar-refractivity contribution < 1.29 is 4.92 Å². The summed E-state index contributed by atoms with van der Waals surface area (Å²) in [6.45, 7) is 3.54. The third kappa shape index (κ3) is 1.34. The maximum atomic E-state index is 10.7. The van der Waals surface area contributed by atoms with Crippen LogP contribution in [0.15, 0.2) is 37.0 Å². The minimum absolute atomic E-state index is 0.294. The lowest BCUT2D eigenvalue weighted by Crippen LogP contribution is -2.36. The van der Waals surface area contributed by atoms with Crippen LogP contribution in [0.4, 0.5) is 0 Å². The highest BCUT2D eigenvalue weighted by atomic mass is 79.9. The van der Waals surface area contributed by atoms with Gasteiger partial charge in [-0.2, -0.15) is 0 Å². The van der Waals surface area contributed by atoms with Crippen LogP contribution in [0, 0.1) is 16.0 Å². The van der Waals surface area contributed by atoms with Crippen molar-refractivity contribution in [2.75, 3.05) is 0 Å². The monoisotopic (exact) mass is 229 g/mol. The molecule has 64 valence electrons. The van der Waals surface area contributed by atoms with Crippen LogP contribution in [0.2, 0.25) is 0 Å². The summed E-state index contributed by atoms with van der Waals surface area (Å²) in [6.07, 6.45) is 8.23. The fourth-order valence-corrected chi connectivity index (χ4v) is 1.54. The molecule has 0 spiro atoms. The third-order valence-corrected chi connectivity index (χ3v) is 2.84. The van der Waals surface area contributed by atoms with E-state index in [-0.39, 0.29) is 10.8 Å². The summed E-state index contributed by atoms with van der Waals surface area (Å²) < 4.78 is -1.20. The normalized spacial score (nSPS) is 33.2. The smallest absolute Gasteiger partial charge is 0.263 e. The molecule has 1 rings (SSSR count). The average Bonchev–Trinajstić information content (AvgIpc) is 2.05. The van der Waals surface area contributed by atoms with E-state index >= 15 is 0 Å². The van der Waals surface area contributed by atoms with Crippen molar-refractivity contribution in [2.24, 2.45) is 5.92 Å². The Morgan fingerprint density at radius 1 is 1.67 bits per heavy atom. The predicted molar refractivity (Wildman–Crippen MR) is 50.6 cm³/mol. The summed E-state index contributed by atoms with van der Waals surface area (Å²) in [4.78, 5) is 10.3. The second-order valence-electron chi connectivity index (χ2n) is 2.49. The van der Waals surface area contributed by atoms with E-state index in [1.54, 1.807) is 24.3 Å². The van der Waals surface area contributed by atoms with Crippen LogP contribution < -0.4 is 0 Å². The number of alkyl halides is 1. The van der Waals surface area contributed by atoms with Gasteiger partial charge in [-0.1, -0.05) is 24.3 Å². The first-order chi connectivity index (χ1) is 5.61. The number of rotatable bonds is 2. The Hall–Kier alpha value is -0.900. The summed E-state index contributed by atoms with van der Waals surface area (Å²) in [5, 5.41) is 10.7. The SMILES string of the molecule is C=CC1C=CC=CC1(Br)[N+](=O)[O-]. The molecule has 0 heterocycles. The Balaban J connectivity index is 3.02. The lowest BCUT2D eigenvalue weighted by Gasteiger charge is -2.22. The fourth-order valence-electron chi connectivity index (χ4n) is 1.05. The van der Waals surface area contributed by atoms with E-state index in [4.69, 9.17) is 0 Å². The van der Waals surface area contributed by atoms with Gasteiger partial charge in [-0.05, 0) is 0 Å². The molecule has 0 saturated carbocycles. The Kier molecular flexibility index (Phi) is 2.47. The van der Waals surface area contributed by atoms with E-state index in [1.807, 2.05) is 0 Å². The van der Waals surface area contributed by atoms with Crippen LogP contribution in [0.1, 0.15) is 0 Å². The van der Waals surface area contributed by atoms with Gasteiger partial charge < -0.3 is 0 Å². The number of hydrogen-bond donors (Lipinski definition) is 0. The van der Waals surface area contributed by atoms with E-state index in [0.29, 0.717) is 0 Å². The molecule has 0 aromatic heterocycles. The van der Waals surface area contributed by atoms with E-state index in [0.717, 1.165) is 0 Å². The maximum absolute atomic E-state index is 10.7. The van der Waals surface area contributed by atoms with Gasteiger partial charge in [0, 0.05) is 26.9 Å². The first kappa shape index (κ1) is 9.19. The van der Waals surface area contributed by atoms with Crippen LogP contribution >= 0.6 is 15.9 Å². The molecule has 2 atom stereocenters. The van der Waals surface area contributed by atoms with Gasteiger partial charge in [0.2, 0.25) is 0 Å². The molecule has 0 aromatic rings. The quantitative estimate of drug-likeness (QED) is 0.240. The number of nitrogens with zero attached hydrogens (tertiary/aromatic N) is 1. The van der Waals surface area contributed by atoms with E-state index in [2.05, 4.69) is 22.5 Å². The molecule has 0 amide bonds. The zero-order valence-corrected chi connectivity index (χ0v) is 7.90. The third-order valence-electron chi connectivity index (χ3n) is 1.76. The predicted octanol–water partition coefficient (Wildman–Crippen LogP) is 2.28. The van der Waals surface area contributed by atoms with E-state index in [9.17, 15) is 10.1 Å². The molecule has 0 radical (unpaired) electrons. The van der Waals surface area contributed by atoms with Gasteiger partial charge in [0.15, 0.2) is 0 Å². The van der Waals surface area contributed by atoms with Crippen molar-refractivity contribution in [1.29, 1.82) is 0 Å². The van der Waals surface area contributed by atoms with Crippen molar-refractivity contribution >= 4 is 15.9 Å². The molecule has 0 bridgehead atoms. The number of halogens is 1. The summed E-state index contributed by atoms with van der Waals surface area (Å²) in [5.41, 5.74) is 0. The Labute approximate surface area is 78.7 Å². The van der Waals surface area contributed by atoms with Crippen LogP contribution in [0.5, 0.6) is 0 Å². The van der Waals surface area contributed by atoms with Gasteiger partial charge in [-0.3, -0.25) is 10.1 Å². The highest BCUT2D eigenvalue weighted by Crippen LogP contribution is 2.34. The second kappa shape index (κ2) is 3.23. The van der Waals surface area contributed by atoms with Crippen molar-refractivity contribution in [3.8, 4) is 0 Å². The van der Waals surface area contributed by atoms with Crippen molar-refractivity contribution in [3.63, 3.8) is 0 Å². The molecule has 2 unspecified atom stereocenters. The maximum Gasteiger partial charge on any atom is 0.302 e. The van der Waals surface area contributed by atoms with Crippen LogP contribution in [-0.2, 0) is 0 Å². The molecule has 1 aliphatic rings. The summed E-state index contributed by atoms with van der Waals surface area (Å²) in [6, 6.07) is 0. The van der Waals surface area contributed by atoms with Crippen molar-refractivity contribution in [2.45, 2.75) is 4.45 Å². The summed E-state index contributed by atoms with van der Waals surface area (Å²) in [5.74, 6) is -0.294. The standard InChI is InChI=1S/C8H8BrNO2/c1-2-7-5-3-4-6-8(7,9)10(11)12/h2-7H,1H2. The lowest BCUT2D eigenvalue weighted by molar-refractivity contribution is -0.526. The average molecular weight is 230 g/mol. The van der Waals surface area contributed by atoms with Crippen molar-refractivity contribution in [3.05, 3.63) is 47.1 Å². The van der Waals surface area contributed by atoms with Crippen LogP contribution in [0.3, 0.4) is 0 Å². The van der Waals surface area contributed by atoms with Crippen LogP contribution in [0.25, 0.3) is 0 Å². The fraction of sp³-hybridized carbons (Fsp3) is 0.250. The zero-order chi connectivity index (χ0) is 9.19. The van der Waals surface area contributed by atoms with Crippen molar-refractivity contribution in [1.82, 2.24) is 0 Å². The number of nitro groups is 1. The Morgan fingerprint density at radius 3 is 2.75 bits per heavy atom. The molecule has 0 aliphatic heterocycles. The molecule has 4 heteroatoms. The highest BCUT2D eigenvalue weighted by Gasteiger charge is 2.43. The van der Waals surface area contributed by atoms with Gasteiger partial charge >= 0.3 is 4.45 Å². The Morgan fingerprint density at radius 2 is 2.33 bits per heavy atom. The van der Waals surface area contributed by atoms with Gasteiger partial charge in [0.1, 0.15) is 0 Å². The number of hydrogen-bond acceptors (Lipinski definition) is 2. The molecule has 0 aromatic carbocycles. The number of allylic oxidation sites excluding steroid dienone is 2. The summed E-state index contributed by atoms with van der Waals surface area (Å²) >= 11 is 3.08. The molecular formula is C8H8BrNO2. The van der Waals surface area contributed by atoms with Crippen LogP contribution in [-0.4, -0.2) is 9.37 Å². The molecule has 0 saturated heterocycles. The van der Waals surface area contributed by atoms with Gasteiger partial charge in [0.25, 0.3) is 0 Å². The Bertz CT molecular complexity index is 272. The van der Waals surface area contributed by atoms with E-state index in [1.165, 1.54) is 6.08 Å². The summed E-state index contributed by atoms with van der Waals surface area (Å²) in [7, 11) is 0. The largest absolute Gasteiger partial charge is 0.302 e. The van der Waals surface area contributed by atoms with Gasteiger partial charge in [-0.25, -0.2) is 0 Å². The van der Waals surface area contributed by atoms with Gasteiger partial charge in [-0.15, -0.1) is 6.58 Å². The molecule has 1 aliphatic carbocycles. The molecule has 0 fully saturated rings. The first-order valence-corrected chi connectivity index (χ1v) is 4.22. The first-order valence-electron chi connectivity index (χ1n) is 3.43. The van der Waals surface area contributed by atoms with Gasteiger partial charge in [0.05, 0.1) is 5.92 Å². The topological polar surface area (TPSA) is 43.1 Å².